The lowest BCUT2D eigenvalue weighted by Crippen LogP contribution is -2.72. The van der Waals surface area contributed by atoms with Crippen molar-refractivity contribution in [1.82, 2.24) is 0 Å². The third kappa shape index (κ3) is 6.70. The van der Waals surface area contributed by atoms with Gasteiger partial charge in [0.2, 0.25) is 8.67 Å². The monoisotopic (exact) mass is 954 g/mol. The van der Waals surface area contributed by atoms with Crippen molar-refractivity contribution in [1.29, 1.82) is 0 Å². The molecule has 0 N–H and O–H groups in total. The van der Waals surface area contributed by atoms with Gasteiger partial charge in [-0.2, -0.15) is 96.6 Å². The summed E-state index contributed by atoms with van der Waals surface area (Å²) in [5.41, 5.74) is 0. The lowest BCUT2D eigenvalue weighted by molar-refractivity contribution is -0.423. The van der Waals surface area contributed by atoms with Crippen LogP contribution in [0.4, 0.5) is 96.6 Å². The molecule has 0 rings (SSSR count). The molecule has 0 amide bonds. The maximum Gasteiger partial charge on any atom is 0.460 e. The standard InChI is InChI=1S/C16Cl8F22O4/c17-3(18,5(21,22)7(25,26)9(29,30)11(33,34)13(37,38)15(41,42)43)1(47)49-50-2(48)4(19,20)6(23,24)8(27,28)10(31,32)12(35,36)14(39,40)16(44,45)46. The first-order valence-electron chi connectivity index (χ1n) is 10.2. The smallest absolute Gasteiger partial charge is 0.244 e. The highest BCUT2D eigenvalue weighted by Gasteiger charge is 2.93. The summed E-state index contributed by atoms with van der Waals surface area (Å²) >= 11 is 37.2. The Balaban J connectivity index is 6.71. The van der Waals surface area contributed by atoms with E-state index in [1.54, 1.807) is 0 Å². The Hall–Kier alpha value is -0.280. The predicted molar refractivity (Wildman–Crippen MR) is 122 cm³/mol. The lowest BCUT2D eigenvalue weighted by atomic mass is 9.94. The molecule has 0 aromatic rings. The van der Waals surface area contributed by atoms with Gasteiger partial charge in [0.15, 0.2) is 0 Å². The maximum absolute atomic E-state index is 14.4. The minimum absolute atomic E-state index is 2.97. The Morgan fingerprint density at radius 2 is 0.460 bits per heavy atom. The lowest BCUT2D eigenvalue weighted by Gasteiger charge is -2.44. The first kappa shape index (κ1) is 49.7. The van der Waals surface area contributed by atoms with Gasteiger partial charge in [0.1, 0.15) is 0 Å². The molecule has 0 bridgehead atoms. The summed E-state index contributed by atoms with van der Waals surface area (Å²) in [6.45, 7) is 0. The zero-order valence-electron chi connectivity index (χ0n) is 21.0. The Labute approximate surface area is 297 Å². The van der Waals surface area contributed by atoms with E-state index in [2.05, 4.69) is 56.2 Å². The first-order chi connectivity index (χ1) is 21.0. The second kappa shape index (κ2) is 13.2. The van der Waals surface area contributed by atoms with Crippen molar-refractivity contribution in [2.45, 2.75) is 77.1 Å². The number of carbonyl (C=O) groups excluding carboxylic acids is 2. The van der Waals surface area contributed by atoms with Gasteiger partial charge in [-0.3, -0.25) is 0 Å². The third-order valence-corrected chi connectivity index (χ3v) is 9.97. The molecule has 0 aliphatic heterocycles. The van der Waals surface area contributed by atoms with E-state index in [1.807, 2.05) is 0 Å². The summed E-state index contributed by atoms with van der Waals surface area (Å²) in [5.74, 6) is -71.8. The van der Waals surface area contributed by atoms with E-state index < -0.39 is 89.0 Å². The summed E-state index contributed by atoms with van der Waals surface area (Å²) in [4.78, 5) is 29.8. The van der Waals surface area contributed by atoms with Crippen molar-refractivity contribution in [3.05, 3.63) is 0 Å². The Morgan fingerprint density at radius 1 is 0.300 bits per heavy atom. The van der Waals surface area contributed by atoms with Crippen molar-refractivity contribution >= 4 is 105 Å². The summed E-state index contributed by atoms with van der Waals surface area (Å²) in [6, 6.07) is 0. The molecule has 0 aromatic carbocycles. The molecular formula is C16Cl8F22O4. The zero-order valence-corrected chi connectivity index (χ0v) is 27.0. The molecular weight excluding hydrogens is 958 g/mol. The van der Waals surface area contributed by atoms with Crippen LogP contribution >= 0.6 is 92.8 Å². The zero-order chi connectivity index (χ0) is 41.6. The van der Waals surface area contributed by atoms with Gasteiger partial charge in [-0.1, -0.05) is 92.8 Å². The van der Waals surface area contributed by atoms with Gasteiger partial charge in [0.25, 0.3) is 8.67 Å². The topological polar surface area (TPSA) is 52.6 Å². The van der Waals surface area contributed by atoms with Crippen LogP contribution < -0.4 is 0 Å². The van der Waals surface area contributed by atoms with Gasteiger partial charge in [-0.15, -0.1) is 0 Å². The number of alkyl halides is 30. The molecule has 4 nitrogen and oxygen atoms in total. The molecule has 0 aromatic heterocycles. The largest absolute Gasteiger partial charge is 0.460 e. The fraction of sp³-hybridized carbons (Fsp3) is 0.875. The van der Waals surface area contributed by atoms with Crippen LogP contribution in [-0.2, 0) is 19.4 Å². The van der Waals surface area contributed by atoms with Gasteiger partial charge in [0.05, 0.1) is 0 Å². The van der Waals surface area contributed by atoms with E-state index in [0.29, 0.717) is 0 Å². The number of hydrogen-bond donors (Lipinski definition) is 0. The van der Waals surface area contributed by atoms with Gasteiger partial charge in [-0.25, -0.2) is 19.4 Å². The number of carbonyl (C=O) groups is 2. The van der Waals surface area contributed by atoms with Crippen LogP contribution in [-0.4, -0.2) is 89.0 Å². The van der Waals surface area contributed by atoms with Crippen LogP contribution in [0.15, 0.2) is 0 Å². The number of halogens is 30. The van der Waals surface area contributed by atoms with Gasteiger partial charge in [-0.05, 0) is 0 Å². The average molecular weight is 958 g/mol. The fourth-order valence-electron chi connectivity index (χ4n) is 2.37. The molecule has 0 atom stereocenters. The molecule has 0 radical (unpaired) electrons. The molecule has 0 saturated carbocycles. The highest BCUT2D eigenvalue weighted by atomic mass is 35.5. The minimum atomic E-state index is -8.31. The van der Waals surface area contributed by atoms with Crippen LogP contribution in [0.1, 0.15) is 0 Å². The third-order valence-electron chi connectivity index (χ3n) is 5.36. The quantitative estimate of drug-likeness (QED) is 0.0847. The van der Waals surface area contributed by atoms with E-state index in [1.165, 1.54) is 0 Å². The van der Waals surface area contributed by atoms with Crippen molar-refractivity contribution < 1.29 is 116 Å². The second-order valence-corrected chi connectivity index (χ2v) is 13.9. The van der Waals surface area contributed by atoms with Crippen LogP contribution in [0.25, 0.3) is 0 Å². The summed E-state index contributed by atoms with van der Waals surface area (Å²) in [7, 11) is 0. The molecule has 0 unspecified atom stereocenters. The fourth-order valence-corrected chi connectivity index (χ4v) is 3.75. The van der Waals surface area contributed by atoms with E-state index >= 15 is 0 Å². The van der Waals surface area contributed by atoms with E-state index in [4.69, 9.17) is 46.4 Å². The van der Waals surface area contributed by atoms with Crippen LogP contribution in [0.2, 0.25) is 0 Å². The minimum Gasteiger partial charge on any atom is -0.244 e. The van der Waals surface area contributed by atoms with E-state index in [9.17, 15) is 106 Å². The summed E-state index contributed by atoms with van der Waals surface area (Å²) in [6.07, 6.45) is -15.5. The molecule has 298 valence electrons. The maximum atomic E-state index is 14.4. The SMILES string of the molecule is O=C(OOC(=O)C(Cl)(Cl)C(Cl)(Cl)C(F)(F)C(F)(F)C(F)(F)C(F)(F)C(F)(F)F)C(Cl)(Cl)C(Cl)(Cl)C(F)(F)C(F)(F)C(F)(F)C(F)(F)C(F)(F)F. The highest BCUT2D eigenvalue weighted by molar-refractivity contribution is 6.70. The van der Waals surface area contributed by atoms with Gasteiger partial charge < -0.3 is 0 Å². The Morgan fingerprint density at radius 3 is 0.620 bits per heavy atom. The molecule has 0 heterocycles. The second-order valence-electron chi connectivity index (χ2n) is 8.63. The average Bonchev–Trinajstić information content (AvgIpc) is 2.88. The molecule has 0 aliphatic rings. The normalized spacial score (nSPS) is 16.4. The molecule has 0 aliphatic carbocycles. The van der Waals surface area contributed by atoms with Crippen molar-refractivity contribution in [3.63, 3.8) is 0 Å². The Kier molecular flexibility index (Phi) is 13.1. The van der Waals surface area contributed by atoms with Crippen molar-refractivity contribution in [3.8, 4) is 0 Å². The number of rotatable bonds is 12. The first-order valence-corrected chi connectivity index (χ1v) is 13.2. The summed E-state index contributed by atoms with van der Waals surface area (Å²) < 4.78 is 271. The van der Waals surface area contributed by atoms with E-state index in [0.717, 1.165) is 0 Å². The van der Waals surface area contributed by atoms with Gasteiger partial charge >= 0.3 is 71.7 Å². The molecule has 0 fully saturated rings. The highest BCUT2D eigenvalue weighted by Crippen LogP contribution is 2.66. The van der Waals surface area contributed by atoms with Crippen LogP contribution in [0.5, 0.6) is 0 Å². The summed E-state index contributed by atoms with van der Waals surface area (Å²) in [5, 5.41) is 0. The Bertz CT molecular complexity index is 1210. The van der Waals surface area contributed by atoms with Gasteiger partial charge in [0, 0.05) is 0 Å². The number of hydrogen-bond acceptors (Lipinski definition) is 4. The molecule has 0 saturated heterocycles. The predicted octanol–water partition coefficient (Wildman–Crippen LogP) is 10.9. The van der Waals surface area contributed by atoms with Crippen molar-refractivity contribution in [2.75, 3.05) is 0 Å². The van der Waals surface area contributed by atoms with E-state index in [-0.39, 0.29) is 0 Å². The molecule has 50 heavy (non-hydrogen) atoms. The van der Waals surface area contributed by atoms with Crippen LogP contribution in [0.3, 0.4) is 0 Å². The van der Waals surface area contributed by atoms with Crippen LogP contribution in [0, 0.1) is 0 Å². The molecule has 0 spiro atoms. The molecule has 34 heteroatoms. The van der Waals surface area contributed by atoms with Crippen molar-refractivity contribution in [2.24, 2.45) is 0 Å².